The van der Waals surface area contributed by atoms with Crippen LogP contribution in [-0.4, -0.2) is 71.7 Å². The number of fused-ring (bicyclic) bond motifs is 2. The van der Waals surface area contributed by atoms with Crippen LogP contribution in [0.1, 0.15) is 66.4 Å². The first-order valence-corrected chi connectivity index (χ1v) is 12.4. The van der Waals surface area contributed by atoms with Crippen molar-refractivity contribution in [2.45, 2.75) is 71.4 Å². The summed E-state index contributed by atoms with van der Waals surface area (Å²) in [4.78, 5) is 49.3. The number of phenols is 1. The molecule has 6 atom stereocenters. The number of carbonyl (C=O) groups is 4. The number of aliphatic hydroxyl groups excluding tert-OH is 1. The van der Waals surface area contributed by atoms with Crippen molar-refractivity contribution in [3.05, 3.63) is 52.1 Å². The van der Waals surface area contributed by atoms with Gasteiger partial charge in [-0.15, -0.1) is 0 Å². The molecule has 12 heteroatoms. The van der Waals surface area contributed by atoms with Crippen molar-refractivity contribution < 1.29 is 57.8 Å². The van der Waals surface area contributed by atoms with E-state index < -0.39 is 66.3 Å². The number of aromatic hydroxyl groups is 1. The Balaban J connectivity index is 1.80. The molecule has 0 amide bonds. The highest BCUT2D eigenvalue weighted by Crippen LogP contribution is 2.46. The van der Waals surface area contributed by atoms with Gasteiger partial charge in [0, 0.05) is 38.0 Å². The number of methoxy groups -OCH3 is 1. The third-order valence-electron chi connectivity index (χ3n) is 6.54. The van der Waals surface area contributed by atoms with E-state index in [-0.39, 0.29) is 28.2 Å². The molecule has 0 bridgehead atoms. The van der Waals surface area contributed by atoms with E-state index in [4.69, 9.17) is 28.4 Å². The second kappa shape index (κ2) is 11.1. The molecule has 2 aliphatic rings. The van der Waals surface area contributed by atoms with Crippen molar-refractivity contribution in [2.24, 2.45) is 0 Å². The number of aryl methyl sites for hydroxylation is 1. The number of hydrogen-bond donors (Lipinski definition) is 2. The van der Waals surface area contributed by atoms with Crippen molar-refractivity contribution in [1.82, 2.24) is 0 Å². The highest BCUT2D eigenvalue weighted by Gasteiger charge is 2.49. The third-order valence-corrected chi connectivity index (χ3v) is 6.54. The van der Waals surface area contributed by atoms with Gasteiger partial charge in [0.1, 0.15) is 23.4 Å². The van der Waals surface area contributed by atoms with Gasteiger partial charge in [-0.05, 0) is 31.5 Å². The lowest BCUT2D eigenvalue weighted by atomic mass is 9.81. The maximum Gasteiger partial charge on any atom is 0.303 e. The Morgan fingerprint density at radius 2 is 1.48 bits per heavy atom. The maximum atomic E-state index is 13.6. The van der Waals surface area contributed by atoms with E-state index in [0.29, 0.717) is 5.56 Å². The Hall–Kier alpha value is -4.16. The summed E-state index contributed by atoms with van der Waals surface area (Å²) in [5, 5.41) is 21.6. The van der Waals surface area contributed by atoms with Gasteiger partial charge in [-0.3, -0.25) is 19.2 Å². The Morgan fingerprint density at radius 3 is 2.08 bits per heavy atom. The molecular weight excluding hydrogens is 528 g/mol. The average molecular weight is 559 g/mol. The summed E-state index contributed by atoms with van der Waals surface area (Å²) >= 11 is 0. The molecule has 4 rings (SSSR count). The summed E-state index contributed by atoms with van der Waals surface area (Å²) in [5.74, 6) is -2.94. The largest absolute Gasteiger partial charge is 0.507 e. The quantitative estimate of drug-likeness (QED) is 0.393. The number of hydrogen-bond acceptors (Lipinski definition) is 12. The predicted molar refractivity (Wildman–Crippen MR) is 135 cm³/mol. The van der Waals surface area contributed by atoms with E-state index in [2.05, 4.69) is 0 Å². The second-order valence-electron chi connectivity index (χ2n) is 9.62. The molecule has 1 unspecified atom stereocenters. The molecule has 1 saturated heterocycles. The van der Waals surface area contributed by atoms with E-state index in [0.717, 1.165) is 25.5 Å². The molecule has 0 radical (unpaired) electrons. The standard InChI is InChI=1S/C28H30O12/c1-11-7-17-22(20(8-11)35-6)24(34)21-18(25(17)37-13(3)29)9-16(10-19(21)32)40-28-27(39-15(5)31)26(38-14(4)30)23(33)12(2)36-28/h7-10,12,23,25-28,32-33H,1-6H3/t12-,23-,25?,26+,27+,28-/m0/s1. The maximum absolute atomic E-state index is 13.6. The number of rotatable bonds is 6. The van der Waals surface area contributed by atoms with Crippen LogP contribution in [0, 0.1) is 6.92 Å². The molecule has 40 heavy (non-hydrogen) atoms. The summed E-state index contributed by atoms with van der Waals surface area (Å²) in [6.07, 6.45) is -7.46. The predicted octanol–water partition coefficient (Wildman–Crippen LogP) is 2.25. The molecule has 12 nitrogen and oxygen atoms in total. The highest BCUT2D eigenvalue weighted by atomic mass is 16.7. The van der Waals surface area contributed by atoms with Gasteiger partial charge >= 0.3 is 17.9 Å². The Morgan fingerprint density at radius 1 is 0.875 bits per heavy atom. The molecule has 1 aliphatic heterocycles. The summed E-state index contributed by atoms with van der Waals surface area (Å²) < 4.78 is 33.2. The van der Waals surface area contributed by atoms with Gasteiger partial charge in [0.05, 0.1) is 24.3 Å². The van der Waals surface area contributed by atoms with Crippen molar-refractivity contribution in [3.63, 3.8) is 0 Å². The summed E-state index contributed by atoms with van der Waals surface area (Å²) in [6.45, 7) is 6.77. The van der Waals surface area contributed by atoms with Crippen LogP contribution in [0.25, 0.3) is 0 Å². The van der Waals surface area contributed by atoms with Crippen molar-refractivity contribution in [3.8, 4) is 17.2 Å². The molecule has 2 N–H and O–H groups in total. The van der Waals surface area contributed by atoms with Gasteiger partial charge in [0.15, 0.2) is 12.2 Å². The van der Waals surface area contributed by atoms with Gasteiger partial charge in [-0.1, -0.05) is 6.07 Å². The van der Waals surface area contributed by atoms with Crippen molar-refractivity contribution in [2.75, 3.05) is 7.11 Å². The summed E-state index contributed by atoms with van der Waals surface area (Å²) in [5.41, 5.74) is 1.27. The fourth-order valence-electron chi connectivity index (χ4n) is 4.98. The van der Waals surface area contributed by atoms with Gasteiger partial charge < -0.3 is 38.6 Å². The molecule has 2 aromatic rings. The molecular formula is C28H30O12. The van der Waals surface area contributed by atoms with E-state index in [9.17, 15) is 29.4 Å². The molecule has 214 valence electrons. The number of benzene rings is 2. The lowest BCUT2D eigenvalue weighted by molar-refractivity contribution is -0.277. The number of ether oxygens (including phenoxy) is 6. The summed E-state index contributed by atoms with van der Waals surface area (Å²) in [7, 11) is 1.40. The Kier molecular flexibility index (Phi) is 8.03. The molecule has 1 fully saturated rings. The van der Waals surface area contributed by atoms with Crippen LogP contribution in [0.15, 0.2) is 24.3 Å². The van der Waals surface area contributed by atoms with Crippen LogP contribution in [0.4, 0.5) is 0 Å². The SMILES string of the molecule is COc1cc(C)cc2c1C(=O)c1c(O)cc(O[C@@H]3O[C@@H](C)[C@H](O)[C@@H](OC(C)=O)[C@H]3OC(C)=O)cc1C2OC(C)=O. The molecule has 0 saturated carbocycles. The van der Waals surface area contributed by atoms with Crippen LogP contribution < -0.4 is 9.47 Å². The van der Waals surface area contributed by atoms with Gasteiger partial charge in [0.25, 0.3) is 0 Å². The monoisotopic (exact) mass is 558 g/mol. The normalized spacial score (nSPS) is 25.2. The fraction of sp³-hybridized carbons (Fsp3) is 0.429. The number of carbonyl (C=O) groups excluding carboxylic acids is 4. The van der Waals surface area contributed by atoms with Crippen LogP contribution in [0.5, 0.6) is 17.2 Å². The van der Waals surface area contributed by atoms with E-state index in [1.807, 2.05) is 0 Å². The first-order chi connectivity index (χ1) is 18.8. The van der Waals surface area contributed by atoms with Crippen LogP contribution in [0.3, 0.4) is 0 Å². The lowest BCUT2D eigenvalue weighted by Crippen LogP contribution is -2.60. The second-order valence-corrected chi connectivity index (χ2v) is 9.62. The number of aliphatic hydroxyl groups is 1. The lowest BCUT2D eigenvalue weighted by Gasteiger charge is -2.42. The minimum Gasteiger partial charge on any atom is -0.507 e. The topological polar surface area (TPSA) is 164 Å². The molecule has 0 spiro atoms. The zero-order chi connectivity index (χ0) is 29.5. The van der Waals surface area contributed by atoms with Crippen LogP contribution in [0.2, 0.25) is 0 Å². The number of ketones is 1. The van der Waals surface area contributed by atoms with Crippen molar-refractivity contribution in [1.29, 1.82) is 0 Å². The van der Waals surface area contributed by atoms with E-state index >= 15 is 0 Å². The van der Waals surface area contributed by atoms with E-state index in [1.165, 1.54) is 27.0 Å². The highest BCUT2D eigenvalue weighted by molar-refractivity contribution is 6.16. The van der Waals surface area contributed by atoms with Crippen LogP contribution in [-0.2, 0) is 33.3 Å². The third kappa shape index (κ3) is 5.45. The summed E-state index contributed by atoms with van der Waals surface area (Å²) in [6, 6.07) is 5.89. The number of phenolic OH excluding ortho intramolecular Hbond substituents is 1. The minimum atomic E-state index is -1.40. The first-order valence-electron chi connectivity index (χ1n) is 12.4. The van der Waals surface area contributed by atoms with Gasteiger partial charge in [-0.2, -0.15) is 0 Å². The molecule has 0 aromatic heterocycles. The number of esters is 3. The molecule has 1 heterocycles. The van der Waals surface area contributed by atoms with Gasteiger partial charge in [0.2, 0.25) is 18.2 Å². The zero-order valence-corrected chi connectivity index (χ0v) is 22.8. The van der Waals surface area contributed by atoms with E-state index in [1.54, 1.807) is 19.1 Å². The Bertz CT molecular complexity index is 1370. The molecule has 1 aliphatic carbocycles. The average Bonchev–Trinajstić information content (AvgIpc) is 2.85. The fourth-order valence-corrected chi connectivity index (χ4v) is 4.98. The zero-order valence-electron chi connectivity index (χ0n) is 22.8. The molecule has 2 aromatic carbocycles. The van der Waals surface area contributed by atoms with Crippen molar-refractivity contribution >= 4 is 23.7 Å². The minimum absolute atomic E-state index is 0.0448. The smallest absolute Gasteiger partial charge is 0.303 e. The Labute approximate surface area is 229 Å². The van der Waals surface area contributed by atoms with Crippen LogP contribution >= 0.6 is 0 Å². The first kappa shape index (κ1) is 28.8. The van der Waals surface area contributed by atoms with Gasteiger partial charge in [-0.25, -0.2) is 0 Å².